The summed E-state index contributed by atoms with van der Waals surface area (Å²) < 4.78 is 5.45. The third-order valence-corrected chi connectivity index (χ3v) is 4.83. The van der Waals surface area contributed by atoms with E-state index in [4.69, 9.17) is 4.42 Å². The van der Waals surface area contributed by atoms with Crippen LogP contribution in [0.1, 0.15) is 29.1 Å². The van der Waals surface area contributed by atoms with Crippen molar-refractivity contribution in [2.45, 2.75) is 19.8 Å². The van der Waals surface area contributed by atoms with Crippen molar-refractivity contribution in [3.63, 3.8) is 0 Å². The number of hydrogen-bond donors (Lipinski definition) is 0. The topological polar surface area (TPSA) is 82.8 Å². The molecule has 0 saturated carbocycles. The van der Waals surface area contributed by atoms with Crippen molar-refractivity contribution in [2.75, 3.05) is 42.5 Å². The molecule has 8 heteroatoms. The van der Waals surface area contributed by atoms with E-state index in [0.717, 1.165) is 18.7 Å². The number of rotatable bonds is 3. The van der Waals surface area contributed by atoms with Gasteiger partial charge in [-0.05, 0) is 24.6 Å². The molecule has 2 aromatic rings. The van der Waals surface area contributed by atoms with E-state index < -0.39 is 0 Å². The van der Waals surface area contributed by atoms with Crippen LogP contribution in [0.5, 0.6) is 0 Å². The number of carbonyl (C=O) groups is 2. The summed E-state index contributed by atoms with van der Waals surface area (Å²) in [5.41, 5.74) is 1.42. The van der Waals surface area contributed by atoms with Gasteiger partial charge in [-0.2, -0.15) is 0 Å². The van der Waals surface area contributed by atoms with Crippen LogP contribution in [0.4, 0.5) is 11.7 Å². The molecule has 0 bridgehead atoms. The zero-order chi connectivity index (χ0) is 18.1. The SMILES string of the molecule is Cc1nnc(N2CCN(C(=O)c3cccc(N4CCCC4=O)c3)CC2)o1. The van der Waals surface area contributed by atoms with Crippen LogP contribution in [-0.4, -0.2) is 59.6 Å². The lowest BCUT2D eigenvalue weighted by atomic mass is 10.1. The molecule has 26 heavy (non-hydrogen) atoms. The lowest BCUT2D eigenvalue weighted by Crippen LogP contribution is -2.49. The molecule has 2 amide bonds. The Labute approximate surface area is 151 Å². The number of carbonyl (C=O) groups excluding carboxylic acids is 2. The van der Waals surface area contributed by atoms with Crippen LogP contribution in [0.3, 0.4) is 0 Å². The van der Waals surface area contributed by atoms with Crippen LogP contribution >= 0.6 is 0 Å². The molecule has 2 aliphatic rings. The summed E-state index contributed by atoms with van der Waals surface area (Å²) in [4.78, 5) is 30.4. The van der Waals surface area contributed by atoms with Crippen LogP contribution in [0, 0.1) is 6.92 Å². The number of benzene rings is 1. The highest BCUT2D eigenvalue weighted by Gasteiger charge is 2.26. The Kier molecular flexibility index (Phi) is 4.32. The monoisotopic (exact) mass is 355 g/mol. The lowest BCUT2D eigenvalue weighted by Gasteiger charge is -2.33. The molecule has 2 aliphatic heterocycles. The van der Waals surface area contributed by atoms with E-state index in [9.17, 15) is 9.59 Å². The predicted molar refractivity (Wildman–Crippen MR) is 95.2 cm³/mol. The number of nitrogens with zero attached hydrogens (tertiary/aromatic N) is 5. The standard InChI is InChI=1S/C18H21N5O3/c1-13-19-20-18(26-13)22-10-8-21(9-11-22)17(25)14-4-2-5-15(12-14)23-7-3-6-16(23)24/h2,4-5,12H,3,6-11H2,1H3. The van der Waals surface area contributed by atoms with Gasteiger partial charge in [0.25, 0.3) is 5.91 Å². The maximum atomic E-state index is 12.8. The Bertz CT molecular complexity index is 826. The van der Waals surface area contributed by atoms with E-state index >= 15 is 0 Å². The minimum absolute atomic E-state index is 0.0140. The van der Waals surface area contributed by atoms with Crippen molar-refractivity contribution in [1.82, 2.24) is 15.1 Å². The van der Waals surface area contributed by atoms with Crippen LogP contribution < -0.4 is 9.80 Å². The van der Waals surface area contributed by atoms with Gasteiger partial charge in [-0.1, -0.05) is 11.2 Å². The Morgan fingerprint density at radius 2 is 1.92 bits per heavy atom. The summed E-state index contributed by atoms with van der Waals surface area (Å²) in [7, 11) is 0. The van der Waals surface area contributed by atoms with Gasteiger partial charge in [0.15, 0.2) is 0 Å². The van der Waals surface area contributed by atoms with E-state index in [-0.39, 0.29) is 11.8 Å². The van der Waals surface area contributed by atoms with Gasteiger partial charge < -0.3 is 19.1 Å². The first-order chi connectivity index (χ1) is 12.6. The maximum Gasteiger partial charge on any atom is 0.318 e. The highest BCUT2D eigenvalue weighted by atomic mass is 16.4. The highest BCUT2D eigenvalue weighted by Crippen LogP contribution is 2.23. The maximum absolute atomic E-state index is 12.8. The number of piperazine rings is 1. The second-order valence-corrected chi connectivity index (χ2v) is 6.58. The van der Waals surface area contributed by atoms with Gasteiger partial charge in [-0.15, -0.1) is 5.10 Å². The molecule has 2 fully saturated rings. The van der Waals surface area contributed by atoms with E-state index in [1.807, 2.05) is 28.0 Å². The first kappa shape index (κ1) is 16.6. The van der Waals surface area contributed by atoms with E-state index in [1.54, 1.807) is 17.9 Å². The normalized spacial score (nSPS) is 17.9. The predicted octanol–water partition coefficient (Wildman–Crippen LogP) is 1.47. The first-order valence-corrected chi connectivity index (χ1v) is 8.86. The smallest absolute Gasteiger partial charge is 0.318 e. The first-order valence-electron chi connectivity index (χ1n) is 8.86. The second-order valence-electron chi connectivity index (χ2n) is 6.58. The summed E-state index contributed by atoms with van der Waals surface area (Å²) in [6.07, 6.45) is 1.45. The van der Waals surface area contributed by atoms with Gasteiger partial charge >= 0.3 is 6.01 Å². The van der Waals surface area contributed by atoms with Crippen LogP contribution in [0.15, 0.2) is 28.7 Å². The molecule has 136 valence electrons. The minimum atomic E-state index is -0.0140. The molecule has 0 atom stereocenters. The quantitative estimate of drug-likeness (QED) is 0.829. The molecule has 0 spiro atoms. The molecule has 2 saturated heterocycles. The molecule has 1 aromatic heterocycles. The van der Waals surface area contributed by atoms with Crippen LogP contribution in [-0.2, 0) is 4.79 Å². The number of aryl methyl sites for hydroxylation is 1. The van der Waals surface area contributed by atoms with Gasteiger partial charge in [0.2, 0.25) is 11.8 Å². The van der Waals surface area contributed by atoms with Crippen molar-refractivity contribution in [3.8, 4) is 0 Å². The Balaban J connectivity index is 1.43. The van der Waals surface area contributed by atoms with E-state index in [1.165, 1.54) is 0 Å². The zero-order valence-corrected chi connectivity index (χ0v) is 14.7. The van der Waals surface area contributed by atoms with Crippen molar-refractivity contribution < 1.29 is 14.0 Å². The van der Waals surface area contributed by atoms with Gasteiger partial charge in [-0.25, -0.2) is 0 Å². The molecule has 0 N–H and O–H groups in total. The van der Waals surface area contributed by atoms with E-state index in [2.05, 4.69) is 10.2 Å². The second kappa shape index (κ2) is 6.78. The van der Waals surface area contributed by atoms with Crippen molar-refractivity contribution >= 4 is 23.5 Å². The number of anilines is 2. The van der Waals surface area contributed by atoms with Gasteiger partial charge in [0.05, 0.1) is 0 Å². The number of hydrogen-bond acceptors (Lipinski definition) is 6. The van der Waals surface area contributed by atoms with E-state index in [0.29, 0.717) is 50.1 Å². The molecule has 0 radical (unpaired) electrons. The zero-order valence-electron chi connectivity index (χ0n) is 14.7. The average molecular weight is 355 g/mol. The Morgan fingerprint density at radius 1 is 1.12 bits per heavy atom. The van der Waals surface area contributed by atoms with Gasteiger partial charge in [-0.3, -0.25) is 9.59 Å². The average Bonchev–Trinajstić information content (AvgIpc) is 3.30. The van der Waals surface area contributed by atoms with Crippen molar-refractivity contribution in [2.24, 2.45) is 0 Å². The molecular formula is C18H21N5O3. The summed E-state index contributed by atoms with van der Waals surface area (Å²) in [5, 5.41) is 7.87. The lowest BCUT2D eigenvalue weighted by molar-refractivity contribution is -0.117. The third-order valence-electron chi connectivity index (χ3n) is 4.83. The van der Waals surface area contributed by atoms with Crippen molar-refractivity contribution in [3.05, 3.63) is 35.7 Å². The summed E-state index contributed by atoms with van der Waals surface area (Å²) in [6, 6.07) is 7.85. The molecule has 8 nitrogen and oxygen atoms in total. The molecular weight excluding hydrogens is 334 g/mol. The number of amides is 2. The number of aromatic nitrogens is 2. The molecule has 3 heterocycles. The fraction of sp³-hybridized carbons (Fsp3) is 0.444. The Morgan fingerprint density at radius 3 is 2.58 bits per heavy atom. The minimum Gasteiger partial charge on any atom is -0.408 e. The summed E-state index contributed by atoms with van der Waals surface area (Å²) >= 11 is 0. The molecule has 0 unspecified atom stereocenters. The summed E-state index contributed by atoms with van der Waals surface area (Å²) in [5.74, 6) is 0.643. The summed E-state index contributed by atoms with van der Waals surface area (Å²) in [6.45, 7) is 4.96. The molecule has 0 aliphatic carbocycles. The van der Waals surface area contributed by atoms with Crippen molar-refractivity contribution in [1.29, 1.82) is 0 Å². The highest BCUT2D eigenvalue weighted by molar-refractivity contribution is 5.99. The Hall–Kier alpha value is -2.90. The molecule has 4 rings (SSSR count). The van der Waals surface area contributed by atoms with Gasteiger partial charge in [0, 0.05) is 57.3 Å². The van der Waals surface area contributed by atoms with Gasteiger partial charge in [0.1, 0.15) is 0 Å². The van der Waals surface area contributed by atoms with Crippen LogP contribution in [0.2, 0.25) is 0 Å². The molecule has 1 aromatic carbocycles. The largest absolute Gasteiger partial charge is 0.408 e. The fourth-order valence-electron chi connectivity index (χ4n) is 3.43. The van der Waals surface area contributed by atoms with Crippen LogP contribution in [0.25, 0.3) is 0 Å². The fourth-order valence-corrected chi connectivity index (χ4v) is 3.43. The third kappa shape index (κ3) is 3.14.